The first-order chi connectivity index (χ1) is 7.24. The van der Waals surface area contributed by atoms with Gasteiger partial charge in [-0.2, -0.15) is 5.56 Å². The van der Waals surface area contributed by atoms with E-state index in [1.54, 1.807) is 0 Å². The van der Waals surface area contributed by atoms with Crippen molar-refractivity contribution in [1.82, 2.24) is 0 Å². The second-order valence-corrected chi connectivity index (χ2v) is 4.74. The van der Waals surface area contributed by atoms with Crippen molar-refractivity contribution >= 4 is 20.3 Å². The molecule has 0 atom stereocenters. The first-order valence-electron chi connectivity index (χ1n) is 5.47. The van der Waals surface area contributed by atoms with E-state index in [9.17, 15) is 0 Å². The number of halogens is 2. The zero-order chi connectivity index (χ0) is 11.3. The van der Waals surface area contributed by atoms with Gasteiger partial charge in [-0.3, -0.25) is 0 Å². The number of hydrogen-bond donors (Lipinski definition) is 0. The zero-order valence-electron chi connectivity index (χ0n) is 11.3. The van der Waals surface area contributed by atoms with E-state index >= 15 is 0 Å². The third-order valence-electron chi connectivity index (χ3n) is 2.56. The van der Waals surface area contributed by atoms with Crippen LogP contribution in [0.3, 0.4) is 0 Å². The molecule has 97 valence electrons. The minimum atomic E-state index is 0. The van der Waals surface area contributed by atoms with Crippen molar-refractivity contribution in [3.63, 3.8) is 0 Å². The third kappa shape index (κ3) is 5.62. The maximum atomic E-state index is 2.30. The maximum Gasteiger partial charge on any atom is 3.00 e. The van der Waals surface area contributed by atoms with Crippen LogP contribution in [0.4, 0.5) is 0 Å². The summed E-state index contributed by atoms with van der Waals surface area (Å²) in [6, 6.07) is 10.9. The molecule has 2 rings (SSSR count). The fraction of sp³-hybridized carbons (Fsp3) is 0.357. The Morgan fingerprint density at radius 2 is 1.61 bits per heavy atom. The van der Waals surface area contributed by atoms with E-state index in [0.717, 1.165) is 15.9 Å². The summed E-state index contributed by atoms with van der Waals surface area (Å²) in [5.74, 6) is 0. The predicted octanol–water partition coefficient (Wildman–Crippen LogP) is -1.78. The molecule has 0 saturated heterocycles. The second-order valence-electron chi connectivity index (χ2n) is 3.74. The number of rotatable bonds is 1. The van der Waals surface area contributed by atoms with Crippen molar-refractivity contribution < 1.29 is 35.6 Å². The van der Waals surface area contributed by atoms with Crippen LogP contribution in [0.15, 0.2) is 30.3 Å². The summed E-state index contributed by atoms with van der Waals surface area (Å²) in [4.78, 5) is 0. The van der Waals surface area contributed by atoms with Gasteiger partial charge in [0.2, 0.25) is 0 Å². The van der Waals surface area contributed by atoms with E-state index in [-0.39, 0.29) is 35.6 Å². The summed E-state index contributed by atoms with van der Waals surface area (Å²) in [5.41, 5.74) is 2.93. The summed E-state index contributed by atoms with van der Waals surface area (Å²) in [6.45, 7) is 8.72. The third-order valence-corrected chi connectivity index (χ3v) is 2.56. The number of aryl methyl sites for hydroxylation is 2. The molecule has 0 aromatic heterocycles. The van der Waals surface area contributed by atoms with Crippen molar-refractivity contribution in [1.29, 1.82) is 0 Å². The van der Waals surface area contributed by atoms with E-state index in [0.29, 0.717) is 0 Å². The van der Waals surface area contributed by atoms with E-state index < -0.39 is 0 Å². The Hall–Kier alpha value is -0.210. The number of benzene rings is 1. The molecule has 0 unspecified atom stereocenters. The van der Waals surface area contributed by atoms with Crippen LogP contribution >= 0.6 is 0 Å². The van der Waals surface area contributed by atoms with Crippen LogP contribution < -0.4 is 9.41 Å². The van der Waals surface area contributed by atoms with Gasteiger partial charge in [-0.1, -0.05) is 33.0 Å². The molecule has 3 radical (unpaired) electrons. The van der Waals surface area contributed by atoms with Gasteiger partial charge in [0.15, 0.2) is 0 Å². The molecule has 0 aliphatic heterocycles. The minimum absolute atomic E-state index is 0. The van der Waals surface area contributed by atoms with Crippen molar-refractivity contribution in [2.75, 3.05) is 0 Å². The molecule has 0 amide bonds. The molecule has 0 heterocycles. The fourth-order valence-electron chi connectivity index (χ4n) is 1.80. The molecule has 0 N–H and O–H groups in total. The molecule has 0 spiro atoms. The van der Waals surface area contributed by atoms with Gasteiger partial charge in [-0.05, 0) is 6.42 Å². The number of fused-ring (bicyclic) bond motifs is 1. The largest absolute Gasteiger partial charge is 3.00 e. The van der Waals surface area contributed by atoms with Crippen LogP contribution in [0.5, 0.6) is 0 Å². The average molecular weight is 345 g/mol. The molecule has 0 bridgehead atoms. The predicted molar refractivity (Wildman–Crippen MR) is 71.1 cm³/mol. The van der Waals surface area contributed by atoms with Crippen LogP contribution in [0.2, 0.25) is 13.1 Å². The van der Waals surface area contributed by atoms with Gasteiger partial charge in [0.1, 0.15) is 0 Å². The SMILES string of the molecule is CCc1[cH-]c2ccccc2c1C.C[Si]C.[F-].[F-].[Zr+3]. The molecule has 0 fully saturated rings. The molecular formula is C14H19F2SiZr. The smallest absolute Gasteiger partial charge is 1.00 e. The van der Waals surface area contributed by atoms with Crippen molar-refractivity contribution in [3.8, 4) is 0 Å². The van der Waals surface area contributed by atoms with Gasteiger partial charge in [0.25, 0.3) is 0 Å². The monoisotopic (exact) mass is 343 g/mol. The Kier molecular flexibility index (Phi) is 15.1. The topological polar surface area (TPSA) is 0 Å². The Morgan fingerprint density at radius 1 is 1.11 bits per heavy atom. The van der Waals surface area contributed by atoms with Gasteiger partial charge in [0.05, 0.1) is 0 Å². The molecule has 0 aliphatic carbocycles. The van der Waals surface area contributed by atoms with E-state index in [1.807, 2.05) is 0 Å². The first kappa shape index (κ1) is 22.9. The van der Waals surface area contributed by atoms with Gasteiger partial charge >= 0.3 is 26.2 Å². The molecule has 0 saturated carbocycles. The Morgan fingerprint density at radius 3 is 2.06 bits per heavy atom. The van der Waals surface area contributed by atoms with E-state index in [4.69, 9.17) is 0 Å². The number of hydrogen-bond acceptors (Lipinski definition) is 0. The van der Waals surface area contributed by atoms with Crippen molar-refractivity contribution in [2.24, 2.45) is 0 Å². The van der Waals surface area contributed by atoms with Crippen LogP contribution in [0, 0.1) is 6.92 Å². The van der Waals surface area contributed by atoms with Gasteiger partial charge < -0.3 is 9.41 Å². The summed E-state index contributed by atoms with van der Waals surface area (Å²) < 4.78 is 0. The summed E-state index contributed by atoms with van der Waals surface area (Å²) >= 11 is 0. The molecule has 4 heteroatoms. The minimum Gasteiger partial charge on any atom is -1.00 e. The quantitative estimate of drug-likeness (QED) is 0.424. The standard InChI is InChI=1S/C12H13.C2H6Si.2FH.Zr/c1-3-10-8-11-6-4-5-7-12(11)9(10)2;1-3-2;;;/h4-8H,3H2,1-2H3;1-2H3;2*1H;/q-1;;;;+3/p-2. The van der Waals surface area contributed by atoms with Crippen LogP contribution in [0.1, 0.15) is 18.1 Å². The normalized spacial score (nSPS) is 8.22. The Balaban J connectivity index is -0.000000345. The zero-order valence-corrected chi connectivity index (χ0v) is 14.8. The van der Waals surface area contributed by atoms with E-state index in [2.05, 4.69) is 57.3 Å². The fourth-order valence-corrected chi connectivity index (χ4v) is 1.80. The van der Waals surface area contributed by atoms with Crippen molar-refractivity contribution in [2.45, 2.75) is 33.4 Å². The molecule has 2 aromatic carbocycles. The van der Waals surface area contributed by atoms with Crippen LogP contribution in [0.25, 0.3) is 10.8 Å². The van der Waals surface area contributed by atoms with E-state index in [1.165, 1.54) is 21.9 Å². The maximum absolute atomic E-state index is 2.30. The van der Waals surface area contributed by atoms with Crippen LogP contribution in [-0.2, 0) is 32.6 Å². The summed E-state index contributed by atoms with van der Waals surface area (Å²) in [5, 5.41) is 2.79. The Bertz CT molecular complexity index is 427. The van der Waals surface area contributed by atoms with Gasteiger partial charge in [-0.25, -0.2) is 0 Å². The van der Waals surface area contributed by atoms with Gasteiger partial charge in [-0.15, -0.1) is 40.6 Å². The Labute approximate surface area is 130 Å². The first-order valence-corrected chi connectivity index (χ1v) is 7.47. The summed E-state index contributed by atoms with van der Waals surface area (Å²) in [6.07, 6.45) is 1.14. The second kappa shape index (κ2) is 11.9. The van der Waals surface area contributed by atoms with Crippen LogP contribution in [-0.4, -0.2) is 9.52 Å². The molecule has 18 heavy (non-hydrogen) atoms. The molecule has 0 nitrogen and oxygen atoms in total. The molecule has 0 aliphatic rings. The average Bonchev–Trinajstić information content (AvgIpc) is 2.57. The van der Waals surface area contributed by atoms with Gasteiger partial charge in [0, 0.05) is 9.52 Å². The van der Waals surface area contributed by atoms with Crippen molar-refractivity contribution in [3.05, 3.63) is 41.5 Å². The summed E-state index contributed by atoms with van der Waals surface area (Å²) in [7, 11) is 1.08. The molecular weight excluding hydrogens is 325 g/mol. The molecule has 2 aromatic rings.